The highest BCUT2D eigenvalue weighted by Crippen LogP contribution is 2.38. The maximum absolute atomic E-state index is 11.8. The third-order valence-corrected chi connectivity index (χ3v) is 4.71. The van der Waals surface area contributed by atoms with Crippen molar-refractivity contribution in [2.45, 2.75) is 38.5 Å². The lowest BCUT2D eigenvalue weighted by Gasteiger charge is -2.24. The molecule has 0 saturated heterocycles. The van der Waals surface area contributed by atoms with E-state index in [1.54, 1.807) is 18.2 Å². The predicted octanol–water partition coefficient (Wildman–Crippen LogP) is 4.24. The van der Waals surface area contributed by atoms with Gasteiger partial charge in [0.05, 0.1) is 25.2 Å². The van der Waals surface area contributed by atoms with Gasteiger partial charge in [-0.3, -0.25) is 4.79 Å². The first-order chi connectivity index (χ1) is 12.1. The Morgan fingerprint density at radius 1 is 1.36 bits per heavy atom. The molecule has 2 unspecified atom stereocenters. The molecule has 1 aromatic heterocycles. The van der Waals surface area contributed by atoms with Gasteiger partial charge in [-0.25, -0.2) is 0 Å². The number of nitrogens with zero attached hydrogens (tertiary/aromatic N) is 2. The van der Waals surface area contributed by atoms with E-state index < -0.39 is 0 Å². The molecule has 0 aliphatic heterocycles. The smallest absolute Gasteiger partial charge is 0.308 e. The number of carbonyl (C=O) groups is 1. The fourth-order valence-electron chi connectivity index (χ4n) is 3.25. The van der Waals surface area contributed by atoms with Gasteiger partial charge >= 0.3 is 5.97 Å². The van der Waals surface area contributed by atoms with E-state index in [4.69, 9.17) is 25.5 Å². The van der Waals surface area contributed by atoms with Crippen molar-refractivity contribution in [3.63, 3.8) is 0 Å². The minimum atomic E-state index is -0.169. The maximum atomic E-state index is 11.8. The van der Waals surface area contributed by atoms with Crippen LogP contribution in [-0.4, -0.2) is 29.9 Å². The van der Waals surface area contributed by atoms with Gasteiger partial charge in [0.25, 0.3) is 5.89 Å². The van der Waals surface area contributed by atoms with Crippen molar-refractivity contribution in [1.29, 1.82) is 0 Å². The second kappa shape index (κ2) is 7.87. The Balaban J connectivity index is 1.83. The number of benzene rings is 1. The summed E-state index contributed by atoms with van der Waals surface area (Å²) in [6.45, 7) is 2.44. The monoisotopic (exact) mass is 364 g/mol. The van der Waals surface area contributed by atoms with Crippen LogP contribution in [0.5, 0.6) is 5.75 Å². The second-order valence-electron chi connectivity index (χ2n) is 6.10. The van der Waals surface area contributed by atoms with Crippen LogP contribution in [-0.2, 0) is 9.53 Å². The molecule has 6 nitrogen and oxygen atoms in total. The first-order valence-corrected chi connectivity index (χ1v) is 8.84. The molecule has 0 bridgehead atoms. The number of ether oxygens (including phenoxy) is 2. The molecule has 2 atom stereocenters. The normalized spacial score (nSPS) is 20.3. The van der Waals surface area contributed by atoms with Gasteiger partial charge in [0.2, 0.25) is 5.89 Å². The molecule has 3 rings (SSSR count). The molecule has 1 fully saturated rings. The zero-order chi connectivity index (χ0) is 17.8. The Morgan fingerprint density at radius 2 is 2.20 bits per heavy atom. The van der Waals surface area contributed by atoms with E-state index in [-0.39, 0.29) is 17.8 Å². The average molecular weight is 365 g/mol. The van der Waals surface area contributed by atoms with Crippen LogP contribution >= 0.6 is 11.6 Å². The lowest BCUT2D eigenvalue weighted by atomic mass is 9.81. The molecule has 1 heterocycles. The first kappa shape index (κ1) is 17.7. The Hall–Kier alpha value is -2.08. The summed E-state index contributed by atoms with van der Waals surface area (Å²) in [5.41, 5.74) is 0.674. The van der Waals surface area contributed by atoms with Crippen molar-refractivity contribution in [1.82, 2.24) is 10.2 Å². The SMILES string of the molecule is CCOc1ccc(Cl)cc1-c1nnc(C2CCCC(C(=O)OC)C2)o1. The predicted molar refractivity (Wildman–Crippen MR) is 92.6 cm³/mol. The zero-order valence-corrected chi connectivity index (χ0v) is 15.1. The lowest BCUT2D eigenvalue weighted by molar-refractivity contribution is -0.146. The number of methoxy groups -OCH3 is 1. The Labute approximate surface area is 151 Å². The number of hydrogen-bond acceptors (Lipinski definition) is 6. The summed E-state index contributed by atoms with van der Waals surface area (Å²) in [6, 6.07) is 5.30. The average Bonchev–Trinajstić information content (AvgIpc) is 3.13. The molecule has 1 aliphatic rings. The van der Waals surface area contributed by atoms with Crippen LogP contribution in [0, 0.1) is 5.92 Å². The molecular weight excluding hydrogens is 344 g/mol. The Bertz CT molecular complexity index is 746. The van der Waals surface area contributed by atoms with E-state index in [0.29, 0.717) is 41.1 Å². The fourth-order valence-corrected chi connectivity index (χ4v) is 3.43. The molecular formula is C18H21ClN2O4. The van der Waals surface area contributed by atoms with E-state index in [9.17, 15) is 4.79 Å². The Kier molecular flexibility index (Phi) is 5.58. The highest BCUT2D eigenvalue weighted by Gasteiger charge is 2.32. The van der Waals surface area contributed by atoms with Crippen LogP contribution < -0.4 is 4.74 Å². The summed E-state index contributed by atoms with van der Waals surface area (Å²) in [7, 11) is 1.42. The van der Waals surface area contributed by atoms with Gasteiger partial charge in [0.1, 0.15) is 5.75 Å². The minimum absolute atomic E-state index is 0.0637. The van der Waals surface area contributed by atoms with Gasteiger partial charge < -0.3 is 13.9 Å². The van der Waals surface area contributed by atoms with Gasteiger partial charge in [0, 0.05) is 10.9 Å². The van der Waals surface area contributed by atoms with Crippen LogP contribution in [0.1, 0.15) is 44.4 Å². The summed E-state index contributed by atoms with van der Waals surface area (Å²) in [6.07, 6.45) is 3.36. The first-order valence-electron chi connectivity index (χ1n) is 8.46. The summed E-state index contributed by atoms with van der Waals surface area (Å²) >= 11 is 6.10. The van der Waals surface area contributed by atoms with E-state index in [1.165, 1.54) is 7.11 Å². The fraction of sp³-hybridized carbons (Fsp3) is 0.500. The van der Waals surface area contributed by atoms with Gasteiger partial charge in [-0.1, -0.05) is 18.0 Å². The standard InChI is InChI=1S/C18H21ClN2O4/c1-3-24-15-8-7-13(19)10-14(15)17-21-20-16(25-17)11-5-4-6-12(9-11)18(22)23-2/h7-8,10-12H,3-6,9H2,1-2H3. The summed E-state index contributed by atoms with van der Waals surface area (Å²) in [5.74, 6) is 1.36. The summed E-state index contributed by atoms with van der Waals surface area (Å²) < 4.78 is 16.4. The largest absolute Gasteiger partial charge is 0.493 e. The molecule has 7 heteroatoms. The molecule has 0 spiro atoms. The molecule has 1 saturated carbocycles. The summed E-state index contributed by atoms with van der Waals surface area (Å²) in [4.78, 5) is 11.8. The van der Waals surface area contributed by atoms with Gasteiger partial charge in [-0.05, 0) is 44.4 Å². The van der Waals surface area contributed by atoms with Crippen molar-refractivity contribution >= 4 is 17.6 Å². The minimum Gasteiger partial charge on any atom is -0.493 e. The zero-order valence-electron chi connectivity index (χ0n) is 14.3. The molecule has 0 amide bonds. The number of esters is 1. The van der Waals surface area contributed by atoms with E-state index in [1.807, 2.05) is 6.92 Å². The van der Waals surface area contributed by atoms with Crippen LogP contribution in [0.25, 0.3) is 11.5 Å². The lowest BCUT2D eigenvalue weighted by Crippen LogP contribution is -2.23. The number of aromatic nitrogens is 2. The summed E-state index contributed by atoms with van der Waals surface area (Å²) in [5, 5.41) is 8.93. The molecule has 1 aliphatic carbocycles. The van der Waals surface area contributed by atoms with Crippen LogP contribution in [0.15, 0.2) is 22.6 Å². The third kappa shape index (κ3) is 3.95. The molecule has 0 radical (unpaired) electrons. The molecule has 0 N–H and O–H groups in total. The van der Waals surface area contributed by atoms with Crippen molar-refractivity contribution in [3.8, 4) is 17.2 Å². The maximum Gasteiger partial charge on any atom is 0.308 e. The molecule has 1 aromatic carbocycles. The van der Waals surface area contributed by atoms with E-state index in [2.05, 4.69) is 10.2 Å². The number of rotatable bonds is 5. The van der Waals surface area contributed by atoms with Crippen LogP contribution in [0.4, 0.5) is 0 Å². The second-order valence-corrected chi connectivity index (χ2v) is 6.54. The van der Waals surface area contributed by atoms with Crippen LogP contribution in [0.3, 0.4) is 0 Å². The third-order valence-electron chi connectivity index (χ3n) is 4.47. The number of carbonyl (C=O) groups excluding carboxylic acids is 1. The Morgan fingerprint density at radius 3 is 2.96 bits per heavy atom. The van der Waals surface area contributed by atoms with Crippen LogP contribution in [0.2, 0.25) is 5.02 Å². The topological polar surface area (TPSA) is 74.5 Å². The molecule has 134 valence electrons. The van der Waals surface area contributed by atoms with E-state index >= 15 is 0 Å². The van der Waals surface area contributed by atoms with Gasteiger partial charge in [-0.15, -0.1) is 10.2 Å². The van der Waals surface area contributed by atoms with Crippen molar-refractivity contribution in [3.05, 3.63) is 29.1 Å². The van der Waals surface area contributed by atoms with Crippen molar-refractivity contribution in [2.75, 3.05) is 13.7 Å². The molecule has 25 heavy (non-hydrogen) atoms. The van der Waals surface area contributed by atoms with Gasteiger partial charge in [-0.2, -0.15) is 0 Å². The van der Waals surface area contributed by atoms with Crippen molar-refractivity contribution in [2.24, 2.45) is 5.92 Å². The number of halogens is 1. The van der Waals surface area contributed by atoms with E-state index in [0.717, 1.165) is 19.3 Å². The molecule has 2 aromatic rings. The van der Waals surface area contributed by atoms with Gasteiger partial charge in [0.15, 0.2) is 0 Å². The highest BCUT2D eigenvalue weighted by atomic mass is 35.5. The van der Waals surface area contributed by atoms with Crippen molar-refractivity contribution < 1.29 is 18.7 Å². The highest BCUT2D eigenvalue weighted by molar-refractivity contribution is 6.30. The quantitative estimate of drug-likeness (QED) is 0.739. The number of hydrogen-bond donors (Lipinski definition) is 0.